The van der Waals surface area contributed by atoms with Gasteiger partial charge in [-0.1, -0.05) is 0 Å². The summed E-state index contributed by atoms with van der Waals surface area (Å²) in [6, 6.07) is 0. The standard InChI is InChI=1S/CH5O6PS/c1-9(5,6)7-8(2,3)4/h1H3,(H2,2,3,4). The molecule has 56 valence electrons. The normalized spacial score (nSPS) is 13.7. The van der Waals surface area contributed by atoms with Crippen molar-refractivity contribution in [3.63, 3.8) is 0 Å². The fourth-order valence-corrected chi connectivity index (χ4v) is 1.59. The van der Waals surface area contributed by atoms with Crippen LogP contribution in [0.3, 0.4) is 0 Å². The Kier molecular flexibility index (Phi) is 2.37. The molecule has 8 heteroatoms. The molecule has 0 radical (unpaired) electrons. The molecule has 6 nitrogen and oxygen atoms in total. The van der Waals surface area contributed by atoms with Crippen molar-refractivity contribution in [1.29, 1.82) is 0 Å². The van der Waals surface area contributed by atoms with Gasteiger partial charge in [0.25, 0.3) is 10.1 Å². The highest BCUT2D eigenvalue weighted by Crippen LogP contribution is 2.37. The summed E-state index contributed by atoms with van der Waals surface area (Å²) in [5.41, 5.74) is 0. The zero-order valence-corrected chi connectivity index (χ0v) is 6.09. The second kappa shape index (κ2) is 2.36. The summed E-state index contributed by atoms with van der Waals surface area (Å²) in [5, 5.41) is 0. The maximum Gasteiger partial charge on any atom is 0.484 e. The Morgan fingerprint density at radius 1 is 1.44 bits per heavy atom. The molecule has 0 spiro atoms. The predicted molar refractivity (Wildman–Crippen MR) is 28.0 cm³/mol. The SMILES string of the molecule is CS(=O)(=O)OP(=O)(O)O. The molecule has 0 aromatic carbocycles. The Morgan fingerprint density at radius 3 is 1.78 bits per heavy atom. The molecular weight excluding hydrogens is 171 g/mol. The third kappa shape index (κ3) is 8.06. The molecule has 0 aromatic rings. The molecule has 0 aliphatic heterocycles. The quantitative estimate of drug-likeness (QED) is 0.526. The summed E-state index contributed by atoms with van der Waals surface area (Å²) in [4.78, 5) is 15.7. The molecule has 0 bridgehead atoms. The van der Waals surface area contributed by atoms with Crippen molar-refractivity contribution in [3.8, 4) is 0 Å². The molecule has 0 saturated carbocycles. The van der Waals surface area contributed by atoms with Crippen LogP contribution in [0.25, 0.3) is 0 Å². The van der Waals surface area contributed by atoms with Gasteiger partial charge in [-0.25, -0.2) is 4.57 Å². The van der Waals surface area contributed by atoms with Gasteiger partial charge >= 0.3 is 7.82 Å². The van der Waals surface area contributed by atoms with E-state index in [4.69, 9.17) is 9.79 Å². The van der Waals surface area contributed by atoms with Gasteiger partial charge in [-0.05, 0) is 0 Å². The Balaban J connectivity index is 4.26. The highest BCUT2D eigenvalue weighted by atomic mass is 32.2. The van der Waals surface area contributed by atoms with Gasteiger partial charge in [-0.3, -0.25) is 0 Å². The van der Waals surface area contributed by atoms with Gasteiger partial charge in [-0.15, -0.1) is 0 Å². The van der Waals surface area contributed by atoms with Crippen LogP contribution in [-0.2, 0) is 18.7 Å². The summed E-state index contributed by atoms with van der Waals surface area (Å²) in [7, 11) is -8.92. The molecule has 2 N–H and O–H groups in total. The topological polar surface area (TPSA) is 101 Å². The summed E-state index contributed by atoms with van der Waals surface area (Å²) < 4.78 is 32.9. The van der Waals surface area contributed by atoms with Crippen LogP contribution in [-0.4, -0.2) is 24.5 Å². The van der Waals surface area contributed by atoms with Crippen LogP contribution in [0.1, 0.15) is 0 Å². The average Bonchev–Trinajstić information content (AvgIpc) is 1.14. The van der Waals surface area contributed by atoms with E-state index in [-0.39, 0.29) is 0 Å². The first-order chi connectivity index (χ1) is 3.71. The number of hydrogen-bond acceptors (Lipinski definition) is 4. The van der Waals surface area contributed by atoms with E-state index in [0.717, 1.165) is 0 Å². The van der Waals surface area contributed by atoms with Crippen LogP contribution < -0.4 is 0 Å². The lowest BCUT2D eigenvalue weighted by Crippen LogP contribution is -1.99. The highest BCUT2D eigenvalue weighted by molar-refractivity contribution is 7.89. The van der Waals surface area contributed by atoms with Crippen molar-refractivity contribution < 1.29 is 26.7 Å². The van der Waals surface area contributed by atoms with E-state index < -0.39 is 17.9 Å². The van der Waals surface area contributed by atoms with Crippen molar-refractivity contribution in [2.75, 3.05) is 6.26 Å². The number of rotatable bonds is 2. The molecule has 0 fully saturated rings. The fraction of sp³-hybridized carbons (Fsp3) is 1.00. The van der Waals surface area contributed by atoms with E-state index in [0.29, 0.717) is 6.26 Å². The second-order valence-corrected chi connectivity index (χ2v) is 4.25. The summed E-state index contributed by atoms with van der Waals surface area (Å²) in [6.45, 7) is 0. The van der Waals surface area contributed by atoms with E-state index in [1.807, 2.05) is 0 Å². The second-order valence-electron chi connectivity index (χ2n) is 1.27. The van der Waals surface area contributed by atoms with Gasteiger partial charge in [0.2, 0.25) is 0 Å². The van der Waals surface area contributed by atoms with Crippen molar-refractivity contribution in [3.05, 3.63) is 0 Å². The molecule has 9 heavy (non-hydrogen) atoms. The van der Waals surface area contributed by atoms with Gasteiger partial charge in [0.15, 0.2) is 0 Å². The largest absolute Gasteiger partial charge is 0.484 e. The lowest BCUT2D eigenvalue weighted by Gasteiger charge is -1.99. The molecule has 0 unspecified atom stereocenters. The molecule has 0 aromatic heterocycles. The monoisotopic (exact) mass is 176 g/mol. The predicted octanol–water partition coefficient (Wildman–Crippen LogP) is -0.945. The minimum absolute atomic E-state index is 0.548. The zero-order chi connectivity index (χ0) is 7.71. The summed E-state index contributed by atoms with van der Waals surface area (Å²) in [5.74, 6) is 0. The molecule has 0 aliphatic rings. The Morgan fingerprint density at radius 2 is 1.78 bits per heavy atom. The smallest absolute Gasteiger partial charge is 0.302 e. The maximum atomic E-state index is 9.93. The molecular formula is CH5O6PS. The number of phosphoric acid groups is 1. The third-order valence-electron chi connectivity index (χ3n) is 0.232. The minimum atomic E-state index is -4.88. The van der Waals surface area contributed by atoms with Crippen molar-refractivity contribution in [2.45, 2.75) is 0 Å². The average molecular weight is 176 g/mol. The van der Waals surface area contributed by atoms with Crippen LogP contribution in [0.15, 0.2) is 0 Å². The molecule has 0 heterocycles. The zero-order valence-electron chi connectivity index (χ0n) is 4.38. The van der Waals surface area contributed by atoms with Gasteiger partial charge in [0, 0.05) is 0 Å². The van der Waals surface area contributed by atoms with Crippen molar-refractivity contribution in [1.82, 2.24) is 0 Å². The van der Waals surface area contributed by atoms with E-state index in [1.54, 1.807) is 0 Å². The van der Waals surface area contributed by atoms with E-state index in [9.17, 15) is 13.0 Å². The molecule has 0 atom stereocenters. The third-order valence-corrected chi connectivity index (χ3v) is 2.09. The number of hydrogen-bond donors (Lipinski definition) is 2. The van der Waals surface area contributed by atoms with Crippen LogP contribution >= 0.6 is 7.82 Å². The molecule has 0 aliphatic carbocycles. The molecule has 0 saturated heterocycles. The lowest BCUT2D eigenvalue weighted by molar-refractivity contribution is 0.286. The van der Waals surface area contributed by atoms with Gasteiger partial charge in [-0.2, -0.15) is 12.4 Å². The first-order valence-electron chi connectivity index (χ1n) is 1.67. The highest BCUT2D eigenvalue weighted by Gasteiger charge is 2.20. The maximum absolute atomic E-state index is 9.93. The first kappa shape index (κ1) is 9.06. The van der Waals surface area contributed by atoms with Gasteiger partial charge in [0.1, 0.15) is 0 Å². The van der Waals surface area contributed by atoms with Crippen LogP contribution in [0, 0.1) is 0 Å². The van der Waals surface area contributed by atoms with Gasteiger partial charge in [0.05, 0.1) is 6.26 Å². The van der Waals surface area contributed by atoms with E-state index in [1.165, 1.54) is 0 Å². The van der Waals surface area contributed by atoms with E-state index in [2.05, 4.69) is 3.97 Å². The Hall–Kier alpha value is 0.0600. The van der Waals surface area contributed by atoms with Crippen LogP contribution in [0.4, 0.5) is 0 Å². The van der Waals surface area contributed by atoms with Gasteiger partial charge < -0.3 is 9.79 Å². The van der Waals surface area contributed by atoms with Crippen LogP contribution in [0.2, 0.25) is 0 Å². The van der Waals surface area contributed by atoms with Crippen molar-refractivity contribution >= 4 is 17.9 Å². The lowest BCUT2D eigenvalue weighted by atomic mass is 12.0. The van der Waals surface area contributed by atoms with Crippen molar-refractivity contribution in [2.24, 2.45) is 0 Å². The minimum Gasteiger partial charge on any atom is -0.302 e. The fourth-order valence-electron chi connectivity index (χ4n) is 0.176. The molecule has 0 amide bonds. The molecule has 0 rings (SSSR count). The summed E-state index contributed by atoms with van der Waals surface area (Å²) >= 11 is 0. The van der Waals surface area contributed by atoms with E-state index >= 15 is 0 Å². The van der Waals surface area contributed by atoms with Crippen LogP contribution in [0.5, 0.6) is 0 Å². The Bertz CT molecular complexity index is 219. The first-order valence-corrected chi connectivity index (χ1v) is 5.02. The summed E-state index contributed by atoms with van der Waals surface area (Å²) in [6.07, 6.45) is 0.548. The Labute approximate surface area is 51.8 Å².